The Labute approximate surface area is 89.3 Å². The fraction of sp³-hybridized carbons (Fsp3) is 0.778. The molecule has 1 aromatic heterocycles. The Bertz CT molecular complexity index is 225. The van der Waals surface area contributed by atoms with E-state index in [-0.39, 0.29) is 6.04 Å². The molecule has 0 aliphatic heterocycles. The van der Waals surface area contributed by atoms with E-state index in [4.69, 9.17) is 0 Å². The van der Waals surface area contributed by atoms with Gasteiger partial charge in [-0.15, -0.1) is 0 Å². The maximum absolute atomic E-state index is 4.10. The number of hydrogen-bond acceptors (Lipinski definition) is 4. The van der Waals surface area contributed by atoms with E-state index in [2.05, 4.69) is 33.7 Å². The molecule has 0 aliphatic rings. The number of nitrogens with one attached hydrogen (secondary N) is 2. The molecule has 14 heavy (non-hydrogen) atoms. The van der Waals surface area contributed by atoms with Crippen LogP contribution in [0.3, 0.4) is 0 Å². The van der Waals surface area contributed by atoms with Crippen molar-refractivity contribution in [2.24, 2.45) is 0 Å². The Morgan fingerprint density at radius 3 is 3.07 bits per heavy atom. The highest BCUT2D eigenvalue weighted by Crippen LogP contribution is 2.04. The molecule has 1 unspecified atom stereocenters. The van der Waals surface area contributed by atoms with Crippen molar-refractivity contribution in [1.82, 2.24) is 20.5 Å². The molecule has 0 aromatic carbocycles. The maximum atomic E-state index is 4.10. The van der Waals surface area contributed by atoms with Gasteiger partial charge in [0, 0.05) is 0 Å². The molecule has 4 nitrogen and oxygen atoms in total. The van der Waals surface area contributed by atoms with Gasteiger partial charge in [0.15, 0.2) is 0 Å². The van der Waals surface area contributed by atoms with Crippen LogP contribution in [0.5, 0.6) is 0 Å². The minimum absolute atomic E-state index is 0.270. The third-order valence-corrected chi connectivity index (χ3v) is 2.77. The summed E-state index contributed by atoms with van der Waals surface area (Å²) in [7, 11) is 0. The van der Waals surface area contributed by atoms with Crippen LogP contribution in [0.1, 0.15) is 31.6 Å². The monoisotopic (exact) mass is 214 g/mol. The first-order valence-electron chi connectivity index (χ1n) is 4.92. The minimum atomic E-state index is 0.270. The van der Waals surface area contributed by atoms with Crippen LogP contribution in [0.4, 0.5) is 0 Å². The Hall–Kier alpha value is -0.550. The van der Waals surface area contributed by atoms with Crippen molar-refractivity contribution in [3.05, 3.63) is 12.2 Å². The summed E-state index contributed by atoms with van der Waals surface area (Å²) in [6.07, 6.45) is 6.18. The zero-order chi connectivity index (χ0) is 10.2. The number of rotatable bonds is 7. The molecule has 0 saturated carbocycles. The van der Waals surface area contributed by atoms with E-state index >= 15 is 0 Å². The third kappa shape index (κ3) is 4.11. The van der Waals surface area contributed by atoms with Gasteiger partial charge in [-0.05, 0) is 38.3 Å². The molecule has 0 fully saturated rings. The van der Waals surface area contributed by atoms with Crippen molar-refractivity contribution in [2.75, 3.05) is 18.6 Å². The first-order valence-corrected chi connectivity index (χ1v) is 6.31. The second-order valence-corrected chi connectivity index (χ2v) is 4.23. The van der Waals surface area contributed by atoms with Crippen LogP contribution < -0.4 is 5.32 Å². The summed E-state index contributed by atoms with van der Waals surface area (Å²) < 4.78 is 0. The fourth-order valence-electron chi connectivity index (χ4n) is 1.21. The smallest absolute Gasteiger partial charge is 0.141 e. The van der Waals surface area contributed by atoms with E-state index in [1.54, 1.807) is 6.33 Å². The average molecular weight is 214 g/mol. The molecular formula is C9H18N4S. The molecule has 2 N–H and O–H groups in total. The molecule has 0 aliphatic carbocycles. The Kier molecular flexibility index (Phi) is 5.63. The van der Waals surface area contributed by atoms with Gasteiger partial charge in [-0.2, -0.15) is 16.9 Å². The standard InChI is InChI=1S/C9H18N4S/c1-8(9-11-7-12-13-9)10-5-3-4-6-14-2/h7-8,10H,3-6H2,1-2H3,(H,11,12,13). The fourth-order valence-corrected chi connectivity index (χ4v) is 1.70. The SMILES string of the molecule is CSCCCCNC(C)c1ncn[nH]1. The van der Waals surface area contributed by atoms with Crippen LogP contribution in [0, 0.1) is 0 Å². The van der Waals surface area contributed by atoms with Gasteiger partial charge in [-0.3, -0.25) is 5.10 Å². The largest absolute Gasteiger partial charge is 0.308 e. The Morgan fingerprint density at radius 1 is 1.57 bits per heavy atom. The zero-order valence-corrected chi connectivity index (χ0v) is 9.60. The van der Waals surface area contributed by atoms with Gasteiger partial charge in [0.2, 0.25) is 0 Å². The molecule has 0 amide bonds. The molecule has 0 spiro atoms. The van der Waals surface area contributed by atoms with Crippen molar-refractivity contribution in [3.63, 3.8) is 0 Å². The summed E-state index contributed by atoms with van der Waals surface area (Å²) in [6, 6.07) is 0.270. The second-order valence-electron chi connectivity index (χ2n) is 3.25. The van der Waals surface area contributed by atoms with E-state index in [0.29, 0.717) is 0 Å². The van der Waals surface area contributed by atoms with Crippen molar-refractivity contribution in [3.8, 4) is 0 Å². The predicted molar refractivity (Wildman–Crippen MR) is 60.4 cm³/mol. The van der Waals surface area contributed by atoms with E-state index in [9.17, 15) is 0 Å². The number of aromatic amines is 1. The summed E-state index contributed by atoms with van der Waals surface area (Å²) in [5.41, 5.74) is 0. The number of hydrogen-bond donors (Lipinski definition) is 2. The Balaban J connectivity index is 2.07. The maximum Gasteiger partial charge on any atom is 0.141 e. The summed E-state index contributed by atoms with van der Waals surface area (Å²) >= 11 is 1.90. The van der Waals surface area contributed by atoms with E-state index < -0.39 is 0 Å². The summed E-state index contributed by atoms with van der Waals surface area (Å²) in [5.74, 6) is 2.16. The van der Waals surface area contributed by atoms with Gasteiger partial charge in [0.05, 0.1) is 6.04 Å². The average Bonchev–Trinajstić information content (AvgIpc) is 2.70. The third-order valence-electron chi connectivity index (χ3n) is 2.07. The number of aromatic nitrogens is 3. The molecule has 1 heterocycles. The van der Waals surface area contributed by atoms with Crippen LogP contribution in [-0.2, 0) is 0 Å². The minimum Gasteiger partial charge on any atom is -0.308 e. The zero-order valence-electron chi connectivity index (χ0n) is 8.79. The summed E-state index contributed by atoms with van der Waals surface area (Å²) in [4.78, 5) is 4.10. The van der Waals surface area contributed by atoms with Gasteiger partial charge >= 0.3 is 0 Å². The van der Waals surface area contributed by atoms with E-state index in [0.717, 1.165) is 12.4 Å². The molecular weight excluding hydrogens is 196 g/mol. The lowest BCUT2D eigenvalue weighted by molar-refractivity contribution is 0.534. The Morgan fingerprint density at radius 2 is 2.43 bits per heavy atom. The normalized spacial score (nSPS) is 13.0. The molecule has 1 rings (SSSR count). The van der Waals surface area contributed by atoms with Gasteiger partial charge in [-0.25, -0.2) is 4.98 Å². The molecule has 1 aromatic rings. The van der Waals surface area contributed by atoms with Gasteiger partial charge in [0.25, 0.3) is 0 Å². The number of thioether (sulfide) groups is 1. The first kappa shape index (κ1) is 11.5. The molecule has 0 bridgehead atoms. The van der Waals surface area contributed by atoms with Crippen LogP contribution in [0.2, 0.25) is 0 Å². The van der Waals surface area contributed by atoms with E-state index in [1.807, 2.05) is 11.8 Å². The summed E-state index contributed by atoms with van der Waals surface area (Å²) in [5, 5.41) is 10.1. The van der Waals surface area contributed by atoms with Gasteiger partial charge < -0.3 is 5.32 Å². The summed E-state index contributed by atoms with van der Waals surface area (Å²) in [6.45, 7) is 3.14. The lowest BCUT2D eigenvalue weighted by atomic mass is 10.3. The lowest BCUT2D eigenvalue weighted by Gasteiger charge is -2.09. The van der Waals surface area contributed by atoms with Gasteiger partial charge in [-0.1, -0.05) is 0 Å². The van der Waals surface area contributed by atoms with Crippen LogP contribution in [0.25, 0.3) is 0 Å². The van der Waals surface area contributed by atoms with Gasteiger partial charge in [0.1, 0.15) is 12.2 Å². The highest BCUT2D eigenvalue weighted by Gasteiger charge is 2.05. The molecule has 0 radical (unpaired) electrons. The predicted octanol–water partition coefficient (Wildman–Crippen LogP) is 1.60. The highest BCUT2D eigenvalue weighted by molar-refractivity contribution is 7.98. The van der Waals surface area contributed by atoms with Crippen LogP contribution in [0.15, 0.2) is 6.33 Å². The van der Waals surface area contributed by atoms with E-state index in [1.165, 1.54) is 18.6 Å². The molecule has 80 valence electrons. The van der Waals surface area contributed by atoms with Crippen molar-refractivity contribution < 1.29 is 0 Å². The van der Waals surface area contributed by atoms with Crippen molar-refractivity contribution >= 4 is 11.8 Å². The molecule has 1 atom stereocenters. The van der Waals surface area contributed by atoms with Crippen LogP contribution in [-0.4, -0.2) is 33.7 Å². The lowest BCUT2D eigenvalue weighted by Crippen LogP contribution is -2.21. The van der Waals surface area contributed by atoms with Crippen molar-refractivity contribution in [2.45, 2.75) is 25.8 Å². The first-order chi connectivity index (χ1) is 6.84. The second kappa shape index (κ2) is 6.84. The number of nitrogens with zero attached hydrogens (tertiary/aromatic N) is 2. The quantitative estimate of drug-likeness (QED) is 0.677. The highest BCUT2D eigenvalue weighted by atomic mass is 32.2. The molecule has 0 saturated heterocycles. The number of H-pyrrole nitrogens is 1. The topological polar surface area (TPSA) is 53.6 Å². The molecule has 5 heteroatoms. The number of unbranched alkanes of at least 4 members (excludes halogenated alkanes) is 1. The van der Waals surface area contributed by atoms with Crippen molar-refractivity contribution in [1.29, 1.82) is 0 Å². The van der Waals surface area contributed by atoms with Crippen LogP contribution >= 0.6 is 11.8 Å².